The highest BCUT2D eigenvalue weighted by Crippen LogP contribution is 2.29. The molecule has 1 aliphatic carbocycles. The standard InChI is InChI=1S/C15H22O2/c1-11(2)13-5-7-14(8-6-13)15(16)10-17-9-12-3-4-12/h5-8,11-12,15-16H,3-4,9-10H2,1-2H3. The van der Waals surface area contributed by atoms with Crippen molar-refractivity contribution in [1.82, 2.24) is 0 Å². The first-order chi connectivity index (χ1) is 8.16. The molecule has 1 unspecified atom stereocenters. The maximum Gasteiger partial charge on any atom is 0.102 e. The summed E-state index contributed by atoms with van der Waals surface area (Å²) in [6, 6.07) is 8.18. The van der Waals surface area contributed by atoms with E-state index < -0.39 is 6.10 Å². The van der Waals surface area contributed by atoms with Gasteiger partial charge in [-0.15, -0.1) is 0 Å². The van der Waals surface area contributed by atoms with Gasteiger partial charge in [-0.3, -0.25) is 0 Å². The number of rotatable bonds is 6. The molecule has 1 fully saturated rings. The van der Waals surface area contributed by atoms with E-state index in [0.717, 1.165) is 18.1 Å². The molecule has 0 spiro atoms. The normalized spacial score (nSPS) is 17.4. The summed E-state index contributed by atoms with van der Waals surface area (Å²) < 4.78 is 5.50. The average Bonchev–Trinajstić information content (AvgIpc) is 3.13. The van der Waals surface area contributed by atoms with Gasteiger partial charge in [0, 0.05) is 6.61 Å². The molecule has 1 N–H and O–H groups in total. The van der Waals surface area contributed by atoms with Crippen LogP contribution in [0.15, 0.2) is 24.3 Å². The molecular formula is C15H22O2. The third kappa shape index (κ3) is 3.83. The fourth-order valence-electron chi connectivity index (χ4n) is 1.83. The minimum absolute atomic E-state index is 0.414. The Hall–Kier alpha value is -0.860. The van der Waals surface area contributed by atoms with Gasteiger partial charge >= 0.3 is 0 Å². The van der Waals surface area contributed by atoms with Crippen LogP contribution < -0.4 is 0 Å². The van der Waals surface area contributed by atoms with Gasteiger partial charge in [-0.25, -0.2) is 0 Å². The van der Waals surface area contributed by atoms with Crippen molar-refractivity contribution in [3.05, 3.63) is 35.4 Å². The molecular weight excluding hydrogens is 212 g/mol. The van der Waals surface area contributed by atoms with E-state index in [0.29, 0.717) is 12.5 Å². The summed E-state index contributed by atoms with van der Waals surface area (Å²) >= 11 is 0. The SMILES string of the molecule is CC(C)c1ccc(C(O)COCC2CC2)cc1. The van der Waals surface area contributed by atoms with Gasteiger partial charge < -0.3 is 9.84 Å². The predicted octanol–water partition coefficient (Wildman–Crippen LogP) is 3.27. The zero-order chi connectivity index (χ0) is 12.3. The minimum Gasteiger partial charge on any atom is -0.386 e. The zero-order valence-electron chi connectivity index (χ0n) is 10.7. The Kier molecular flexibility index (Phi) is 4.19. The van der Waals surface area contributed by atoms with Crippen LogP contribution in [0.25, 0.3) is 0 Å². The van der Waals surface area contributed by atoms with E-state index in [2.05, 4.69) is 26.0 Å². The molecule has 1 aromatic carbocycles. The summed E-state index contributed by atoms with van der Waals surface area (Å²) in [5, 5.41) is 9.96. The maximum absolute atomic E-state index is 9.96. The summed E-state index contributed by atoms with van der Waals surface area (Å²) in [7, 11) is 0. The van der Waals surface area contributed by atoms with Crippen molar-refractivity contribution in [2.75, 3.05) is 13.2 Å². The van der Waals surface area contributed by atoms with Gasteiger partial charge in [0.25, 0.3) is 0 Å². The van der Waals surface area contributed by atoms with Gasteiger partial charge in [0.1, 0.15) is 6.10 Å². The second-order valence-corrected chi connectivity index (χ2v) is 5.32. The van der Waals surface area contributed by atoms with Crippen LogP contribution in [0.1, 0.15) is 49.8 Å². The lowest BCUT2D eigenvalue weighted by Gasteiger charge is -2.13. The molecule has 2 rings (SSSR count). The van der Waals surface area contributed by atoms with E-state index in [1.54, 1.807) is 0 Å². The number of benzene rings is 1. The summed E-state index contributed by atoms with van der Waals surface area (Å²) in [6.07, 6.45) is 2.09. The highest BCUT2D eigenvalue weighted by Gasteiger charge is 2.21. The van der Waals surface area contributed by atoms with Crippen LogP contribution in [0.2, 0.25) is 0 Å². The Morgan fingerprint density at radius 3 is 2.29 bits per heavy atom. The number of hydrogen-bond donors (Lipinski definition) is 1. The topological polar surface area (TPSA) is 29.5 Å². The van der Waals surface area contributed by atoms with Gasteiger partial charge in [0.05, 0.1) is 6.61 Å². The lowest BCUT2D eigenvalue weighted by Crippen LogP contribution is -2.08. The van der Waals surface area contributed by atoms with E-state index in [4.69, 9.17) is 4.74 Å². The predicted molar refractivity (Wildman–Crippen MR) is 69.0 cm³/mol. The van der Waals surface area contributed by atoms with Crippen LogP contribution in [0.3, 0.4) is 0 Å². The Morgan fingerprint density at radius 1 is 1.18 bits per heavy atom. The van der Waals surface area contributed by atoms with Crippen molar-refractivity contribution < 1.29 is 9.84 Å². The average molecular weight is 234 g/mol. The molecule has 17 heavy (non-hydrogen) atoms. The van der Waals surface area contributed by atoms with Crippen LogP contribution >= 0.6 is 0 Å². The fourth-order valence-corrected chi connectivity index (χ4v) is 1.83. The first-order valence-electron chi connectivity index (χ1n) is 6.52. The monoisotopic (exact) mass is 234 g/mol. The van der Waals surface area contributed by atoms with Gasteiger partial charge in [-0.2, -0.15) is 0 Å². The highest BCUT2D eigenvalue weighted by atomic mass is 16.5. The molecule has 1 atom stereocenters. The summed E-state index contributed by atoms with van der Waals surface area (Å²) in [6.45, 7) is 5.56. The Morgan fingerprint density at radius 2 is 1.76 bits per heavy atom. The molecule has 1 aromatic rings. The van der Waals surface area contributed by atoms with Crippen molar-refractivity contribution in [2.24, 2.45) is 5.92 Å². The quantitative estimate of drug-likeness (QED) is 0.818. The van der Waals surface area contributed by atoms with E-state index in [1.165, 1.54) is 18.4 Å². The second-order valence-electron chi connectivity index (χ2n) is 5.32. The van der Waals surface area contributed by atoms with E-state index in [9.17, 15) is 5.11 Å². The van der Waals surface area contributed by atoms with Gasteiger partial charge in [0.15, 0.2) is 0 Å². The molecule has 0 saturated heterocycles. The van der Waals surface area contributed by atoms with Gasteiger partial charge in [-0.1, -0.05) is 38.1 Å². The van der Waals surface area contributed by atoms with E-state index >= 15 is 0 Å². The maximum atomic E-state index is 9.96. The van der Waals surface area contributed by atoms with Crippen molar-refractivity contribution in [2.45, 2.75) is 38.7 Å². The fraction of sp³-hybridized carbons (Fsp3) is 0.600. The molecule has 0 aromatic heterocycles. The van der Waals surface area contributed by atoms with Crippen molar-refractivity contribution in [3.63, 3.8) is 0 Å². The molecule has 0 radical (unpaired) electrons. The first kappa shape index (κ1) is 12.6. The number of aliphatic hydroxyl groups is 1. The Bertz CT molecular complexity index is 338. The third-order valence-corrected chi connectivity index (χ3v) is 3.31. The van der Waals surface area contributed by atoms with E-state index in [-0.39, 0.29) is 0 Å². The molecule has 0 heterocycles. The van der Waals surface area contributed by atoms with Crippen molar-refractivity contribution >= 4 is 0 Å². The van der Waals surface area contributed by atoms with Gasteiger partial charge in [0.2, 0.25) is 0 Å². The molecule has 0 bridgehead atoms. The zero-order valence-corrected chi connectivity index (χ0v) is 10.7. The summed E-state index contributed by atoms with van der Waals surface area (Å²) in [5.74, 6) is 1.29. The van der Waals surface area contributed by atoms with Crippen LogP contribution in [0.4, 0.5) is 0 Å². The molecule has 2 nitrogen and oxygen atoms in total. The molecule has 0 aliphatic heterocycles. The van der Waals surface area contributed by atoms with Crippen LogP contribution in [0.5, 0.6) is 0 Å². The molecule has 0 amide bonds. The van der Waals surface area contributed by atoms with Crippen LogP contribution in [-0.4, -0.2) is 18.3 Å². The lowest BCUT2D eigenvalue weighted by molar-refractivity contribution is 0.0315. The molecule has 1 aliphatic rings. The smallest absolute Gasteiger partial charge is 0.102 e. The number of ether oxygens (including phenoxy) is 1. The lowest BCUT2D eigenvalue weighted by atomic mass is 10.0. The minimum atomic E-state index is -0.491. The molecule has 1 saturated carbocycles. The highest BCUT2D eigenvalue weighted by molar-refractivity contribution is 5.26. The first-order valence-corrected chi connectivity index (χ1v) is 6.52. The van der Waals surface area contributed by atoms with Crippen molar-refractivity contribution in [1.29, 1.82) is 0 Å². The summed E-state index contributed by atoms with van der Waals surface area (Å²) in [5.41, 5.74) is 2.25. The number of hydrogen-bond acceptors (Lipinski definition) is 2. The molecule has 2 heteroatoms. The number of aliphatic hydroxyl groups excluding tert-OH is 1. The Labute approximate surface area is 104 Å². The largest absolute Gasteiger partial charge is 0.386 e. The Balaban J connectivity index is 1.82. The summed E-state index contributed by atoms with van der Waals surface area (Å²) in [4.78, 5) is 0. The van der Waals surface area contributed by atoms with E-state index in [1.807, 2.05) is 12.1 Å². The third-order valence-electron chi connectivity index (χ3n) is 3.31. The van der Waals surface area contributed by atoms with Gasteiger partial charge in [-0.05, 0) is 35.8 Å². The molecule has 94 valence electrons. The second kappa shape index (κ2) is 5.65. The van der Waals surface area contributed by atoms with Crippen LogP contribution in [-0.2, 0) is 4.74 Å². The van der Waals surface area contributed by atoms with Crippen LogP contribution in [0, 0.1) is 5.92 Å². The van der Waals surface area contributed by atoms with Crippen molar-refractivity contribution in [3.8, 4) is 0 Å².